The second-order valence-corrected chi connectivity index (χ2v) is 3.35. The van der Waals surface area contributed by atoms with Crippen molar-refractivity contribution >= 4 is 17.5 Å². The molecule has 0 aliphatic carbocycles. The molecule has 0 aliphatic heterocycles. The molecule has 2 rings (SSSR count). The Hall–Kier alpha value is -1.75. The van der Waals surface area contributed by atoms with E-state index in [4.69, 9.17) is 5.11 Å². The van der Waals surface area contributed by atoms with E-state index in [2.05, 4.69) is 9.36 Å². The van der Waals surface area contributed by atoms with Crippen LogP contribution in [0.2, 0.25) is 0 Å². The number of nitrogens with zero attached hydrogens (tertiary/aromatic N) is 2. The van der Waals surface area contributed by atoms with Crippen LogP contribution < -0.4 is 0 Å². The van der Waals surface area contributed by atoms with Gasteiger partial charge in [0.1, 0.15) is 0 Å². The Bertz CT molecular complexity index is 453. The van der Waals surface area contributed by atoms with Gasteiger partial charge in [-0.25, -0.2) is 9.78 Å². The van der Waals surface area contributed by atoms with Gasteiger partial charge in [-0.05, 0) is 11.5 Å². The summed E-state index contributed by atoms with van der Waals surface area (Å²) in [6.45, 7) is 0. The van der Waals surface area contributed by atoms with Crippen LogP contribution in [-0.4, -0.2) is 20.4 Å². The lowest BCUT2D eigenvalue weighted by atomic mass is 10.2. The van der Waals surface area contributed by atoms with Crippen LogP contribution in [0.3, 0.4) is 0 Å². The predicted molar refractivity (Wildman–Crippen MR) is 52.3 cm³/mol. The molecule has 0 saturated carbocycles. The number of carbonyl (C=O) groups is 1. The highest BCUT2D eigenvalue weighted by molar-refractivity contribution is 7.07. The van der Waals surface area contributed by atoms with E-state index in [1.54, 1.807) is 0 Å². The maximum absolute atomic E-state index is 10.6. The number of aromatic nitrogens is 2. The molecule has 1 heterocycles. The van der Waals surface area contributed by atoms with Gasteiger partial charge in [-0.15, -0.1) is 0 Å². The van der Waals surface area contributed by atoms with Crippen LogP contribution in [0.1, 0.15) is 9.80 Å². The molecule has 0 radical (unpaired) electrons. The van der Waals surface area contributed by atoms with E-state index in [0.717, 1.165) is 17.1 Å². The van der Waals surface area contributed by atoms with Crippen LogP contribution in [0.4, 0.5) is 0 Å². The van der Waals surface area contributed by atoms with Crippen molar-refractivity contribution in [1.82, 2.24) is 9.36 Å². The van der Waals surface area contributed by atoms with E-state index in [1.807, 2.05) is 30.3 Å². The van der Waals surface area contributed by atoms with Crippen molar-refractivity contribution in [3.05, 3.63) is 35.3 Å². The summed E-state index contributed by atoms with van der Waals surface area (Å²) >= 11 is 0.892. The number of hydrogen-bond donors (Lipinski definition) is 1. The highest BCUT2D eigenvalue weighted by Crippen LogP contribution is 2.17. The topological polar surface area (TPSA) is 63.1 Å². The van der Waals surface area contributed by atoms with E-state index in [0.29, 0.717) is 5.82 Å². The highest BCUT2D eigenvalue weighted by atomic mass is 32.1. The maximum atomic E-state index is 10.6. The minimum atomic E-state index is -1.04. The van der Waals surface area contributed by atoms with Crippen LogP contribution in [0.25, 0.3) is 11.4 Å². The second kappa shape index (κ2) is 3.55. The van der Waals surface area contributed by atoms with Gasteiger partial charge in [0.05, 0.1) is 0 Å². The zero-order chi connectivity index (χ0) is 9.97. The van der Waals surface area contributed by atoms with Crippen molar-refractivity contribution in [2.24, 2.45) is 0 Å². The summed E-state index contributed by atoms with van der Waals surface area (Å²) in [6, 6.07) is 9.28. The molecular weight excluding hydrogens is 200 g/mol. The van der Waals surface area contributed by atoms with Gasteiger partial charge in [0.2, 0.25) is 5.01 Å². The van der Waals surface area contributed by atoms with Crippen LogP contribution >= 0.6 is 11.5 Å². The predicted octanol–water partition coefficient (Wildman–Crippen LogP) is 1.90. The smallest absolute Gasteiger partial charge is 0.366 e. The molecule has 0 aliphatic rings. The van der Waals surface area contributed by atoms with E-state index < -0.39 is 5.97 Å². The molecule has 0 spiro atoms. The minimum Gasteiger partial charge on any atom is -0.476 e. The van der Waals surface area contributed by atoms with E-state index in [9.17, 15) is 4.79 Å². The fraction of sp³-hybridized carbons (Fsp3) is 0. The van der Waals surface area contributed by atoms with E-state index in [-0.39, 0.29) is 5.01 Å². The van der Waals surface area contributed by atoms with Crippen molar-refractivity contribution in [3.63, 3.8) is 0 Å². The zero-order valence-corrected chi connectivity index (χ0v) is 7.86. The summed E-state index contributed by atoms with van der Waals surface area (Å²) in [7, 11) is 0. The molecule has 1 N–H and O–H groups in total. The summed E-state index contributed by atoms with van der Waals surface area (Å²) in [5.41, 5.74) is 0.830. The summed E-state index contributed by atoms with van der Waals surface area (Å²) in [6.07, 6.45) is 0. The van der Waals surface area contributed by atoms with Gasteiger partial charge in [0.15, 0.2) is 5.82 Å². The summed E-state index contributed by atoms with van der Waals surface area (Å²) in [5.74, 6) is -0.572. The van der Waals surface area contributed by atoms with E-state index in [1.165, 1.54) is 0 Å². The molecule has 14 heavy (non-hydrogen) atoms. The summed E-state index contributed by atoms with van der Waals surface area (Å²) < 4.78 is 3.96. The molecule has 0 amide bonds. The number of carboxylic acid groups (broad SMARTS) is 1. The highest BCUT2D eigenvalue weighted by Gasteiger charge is 2.11. The van der Waals surface area contributed by atoms with Crippen molar-refractivity contribution in [2.75, 3.05) is 0 Å². The fourth-order valence-electron chi connectivity index (χ4n) is 1.01. The molecule has 0 saturated heterocycles. The average Bonchev–Trinajstić information content (AvgIpc) is 2.68. The maximum Gasteiger partial charge on any atom is 0.366 e. The Morgan fingerprint density at radius 1 is 1.29 bits per heavy atom. The zero-order valence-electron chi connectivity index (χ0n) is 7.04. The Balaban J connectivity index is 2.39. The quantitative estimate of drug-likeness (QED) is 0.815. The number of hydrogen-bond acceptors (Lipinski definition) is 4. The normalized spacial score (nSPS) is 10.0. The Morgan fingerprint density at radius 2 is 2.00 bits per heavy atom. The Kier molecular flexibility index (Phi) is 2.24. The van der Waals surface area contributed by atoms with Gasteiger partial charge in [-0.1, -0.05) is 30.3 Å². The largest absolute Gasteiger partial charge is 0.476 e. The fourth-order valence-corrected chi connectivity index (χ4v) is 1.54. The Morgan fingerprint density at radius 3 is 2.57 bits per heavy atom. The molecule has 0 unspecified atom stereocenters. The number of carboxylic acids is 1. The summed E-state index contributed by atoms with van der Waals surface area (Å²) in [4.78, 5) is 14.4. The van der Waals surface area contributed by atoms with Gasteiger partial charge >= 0.3 is 5.97 Å². The summed E-state index contributed by atoms with van der Waals surface area (Å²) in [5, 5.41) is 8.67. The molecule has 0 fully saturated rings. The molecular formula is C9H6N2O2S. The standard InChI is InChI=1S/C9H6N2O2S/c12-9(13)8-10-7(11-14-8)6-4-2-1-3-5-6/h1-5H,(H,12,13). The third kappa shape index (κ3) is 1.62. The molecule has 4 nitrogen and oxygen atoms in total. The molecule has 70 valence electrons. The minimum absolute atomic E-state index is 0.0175. The molecule has 2 aromatic rings. The molecule has 0 bridgehead atoms. The number of benzene rings is 1. The lowest BCUT2D eigenvalue weighted by Gasteiger charge is -1.91. The third-order valence-corrected chi connectivity index (χ3v) is 2.34. The average molecular weight is 206 g/mol. The van der Waals surface area contributed by atoms with E-state index >= 15 is 0 Å². The van der Waals surface area contributed by atoms with Gasteiger partial charge in [0.25, 0.3) is 0 Å². The monoisotopic (exact) mass is 206 g/mol. The van der Waals surface area contributed by atoms with Gasteiger partial charge < -0.3 is 5.11 Å². The molecule has 5 heteroatoms. The SMILES string of the molecule is O=C(O)c1nc(-c2ccccc2)ns1. The molecule has 1 aromatic carbocycles. The van der Waals surface area contributed by atoms with Crippen molar-refractivity contribution < 1.29 is 9.90 Å². The third-order valence-electron chi connectivity index (χ3n) is 1.64. The number of rotatable bonds is 2. The van der Waals surface area contributed by atoms with Crippen LogP contribution in [0.5, 0.6) is 0 Å². The van der Waals surface area contributed by atoms with Gasteiger partial charge in [-0.3, -0.25) is 0 Å². The first kappa shape index (κ1) is 8.83. The Labute approximate surface area is 84.0 Å². The van der Waals surface area contributed by atoms with Crippen LogP contribution in [0, 0.1) is 0 Å². The number of aromatic carboxylic acids is 1. The first-order valence-electron chi connectivity index (χ1n) is 3.90. The van der Waals surface area contributed by atoms with Crippen LogP contribution in [-0.2, 0) is 0 Å². The molecule has 0 atom stereocenters. The lowest BCUT2D eigenvalue weighted by Crippen LogP contribution is -1.94. The van der Waals surface area contributed by atoms with Gasteiger partial charge in [0, 0.05) is 5.56 Å². The second-order valence-electron chi connectivity index (χ2n) is 2.59. The van der Waals surface area contributed by atoms with Crippen molar-refractivity contribution in [1.29, 1.82) is 0 Å². The molecule has 1 aromatic heterocycles. The van der Waals surface area contributed by atoms with Crippen molar-refractivity contribution in [2.45, 2.75) is 0 Å². The first-order valence-corrected chi connectivity index (χ1v) is 4.67. The van der Waals surface area contributed by atoms with Gasteiger partial charge in [-0.2, -0.15) is 4.37 Å². The van der Waals surface area contributed by atoms with Crippen molar-refractivity contribution in [3.8, 4) is 11.4 Å². The van der Waals surface area contributed by atoms with Crippen LogP contribution in [0.15, 0.2) is 30.3 Å². The first-order chi connectivity index (χ1) is 6.77. The lowest BCUT2D eigenvalue weighted by molar-refractivity contribution is 0.0696.